The van der Waals surface area contributed by atoms with Crippen LogP contribution >= 0.6 is 0 Å². The first-order valence-corrected chi connectivity index (χ1v) is 11.7. The zero-order valence-corrected chi connectivity index (χ0v) is 22.1. The highest BCUT2D eigenvalue weighted by Crippen LogP contribution is 2.37. The molecule has 6 N–H and O–H groups in total. The number of anilines is 1. The van der Waals surface area contributed by atoms with Gasteiger partial charge in [-0.1, -0.05) is 0 Å². The molecule has 0 fully saturated rings. The third kappa shape index (κ3) is 6.86. The fourth-order valence-corrected chi connectivity index (χ4v) is 3.64. The Labute approximate surface area is 228 Å². The van der Waals surface area contributed by atoms with E-state index in [2.05, 4.69) is 25.4 Å². The van der Waals surface area contributed by atoms with Crippen LogP contribution in [0.15, 0.2) is 59.7 Å². The molecule has 0 saturated carbocycles. The fourth-order valence-electron chi connectivity index (χ4n) is 3.64. The van der Waals surface area contributed by atoms with Crippen LogP contribution in [0.3, 0.4) is 0 Å². The van der Waals surface area contributed by atoms with E-state index >= 15 is 0 Å². The molecule has 14 heteroatoms. The normalized spacial score (nSPS) is 11.0. The molecule has 40 heavy (non-hydrogen) atoms. The van der Waals surface area contributed by atoms with Crippen molar-refractivity contribution in [2.24, 2.45) is 5.73 Å². The number of carboxylic acids is 1. The number of hydrogen-bond acceptors (Lipinski definition) is 10. The van der Waals surface area contributed by atoms with Gasteiger partial charge in [-0.15, -0.1) is 9.78 Å². The van der Waals surface area contributed by atoms with Crippen LogP contribution in [-0.4, -0.2) is 61.6 Å². The van der Waals surface area contributed by atoms with E-state index in [4.69, 9.17) is 30.5 Å². The number of nitrogen functional groups attached to an aromatic ring is 1. The molecule has 0 aliphatic carbocycles. The molecular weight excluding hydrogens is 520 g/mol. The van der Waals surface area contributed by atoms with Gasteiger partial charge in [0, 0.05) is 30.6 Å². The number of ether oxygens (including phenoxy) is 2. The monoisotopic (exact) mass is 548 g/mol. The summed E-state index contributed by atoms with van der Waals surface area (Å²) in [5.41, 5.74) is 7.11. The number of rotatable bonds is 9. The summed E-state index contributed by atoms with van der Waals surface area (Å²) in [5, 5.41) is 22.8. The molecule has 4 rings (SSSR count). The van der Waals surface area contributed by atoms with Crippen molar-refractivity contribution in [3.8, 4) is 17.4 Å². The van der Waals surface area contributed by atoms with Crippen LogP contribution < -0.4 is 26.2 Å². The second-order valence-corrected chi connectivity index (χ2v) is 8.22. The van der Waals surface area contributed by atoms with Crippen molar-refractivity contribution in [2.75, 3.05) is 19.5 Å². The van der Waals surface area contributed by atoms with E-state index in [1.54, 1.807) is 42.5 Å². The van der Waals surface area contributed by atoms with Gasteiger partial charge in [0.05, 0.1) is 19.8 Å². The van der Waals surface area contributed by atoms with Crippen LogP contribution in [-0.2, 0) is 4.79 Å². The molecule has 2 aromatic carbocycles. The minimum atomic E-state index is -0.833. The van der Waals surface area contributed by atoms with Gasteiger partial charge in [0.1, 0.15) is 11.9 Å². The number of nitrogens with one attached hydrogen (secondary N) is 3. The van der Waals surface area contributed by atoms with Crippen LogP contribution in [0.2, 0.25) is 0 Å². The van der Waals surface area contributed by atoms with Gasteiger partial charge in [0.15, 0.2) is 23.1 Å². The summed E-state index contributed by atoms with van der Waals surface area (Å²) in [4.78, 5) is 45.1. The van der Waals surface area contributed by atoms with Gasteiger partial charge in [0.25, 0.3) is 11.9 Å². The predicted molar refractivity (Wildman–Crippen MR) is 146 cm³/mol. The molecular formula is C26H28N8O6. The molecule has 0 bridgehead atoms. The summed E-state index contributed by atoms with van der Waals surface area (Å²) in [7, 11) is 2.92. The van der Waals surface area contributed by atoms with Gasteiger partial charge in [0.2, 0.25) is 0 Å². The second kappa shape index (κ2) is 12.8. The number of ketones is 1. The molecule has 0 aliphatic heterocycles. The zero-order valence-electron chi connectivity index (χ0n) is 22.1. The van der Waals surface area contributed by atoms with Crippen molar-refractivity contribution in [3.05, 3.63) is 87.9 Å². The molecule has 0 radical (unpaired) electrons. The van der Waals surface area contributed by atoms with Gasteiger partial charge in [-0.05, 0) is 55.0 Å². The lowest BCUT2D eigenvalue weighted by Gasteiger charge is -2.21. The van der Waals surface area contributed by atoms with E-state index in [1.165, 1.54) is 33.5 Å². The van der Waals surface area contributed by atoms with Gasteiger partial charge < -0.3 is 25.6 Å². The maximum Gasteiger partial charge on any atom is 0.350 e. The zero-order chi connectivity index (χ0) is 29.4. The van der Waals surface area contributed by atoms with Crippen molar-refractivity contribution in [1.82, 2.24) is 24.7 Å². The number of carbonyl (C=O) groups is 2. The Hall–Kier alpha value is -5.53. The first kappa shape index (κ1) is 29.0. The minimum absolute atomic E-state index is 0.0602. The third-order valence-corrected chi connectivity index (χ3v) is 5.37. The molecule has 0 aliphatic rings. The molecule has 0 unspecified atom stereocenters. The Bertz CT molecular complexity index is 1560. The van der Waals surface area contributed by atoms with Gasteiger partial charge in [-0.3, -0.25) is 20.0 Å². The summed E-state index contributed by atoms with van der Waals surface area (Å²) in [5.74, 6) is -0.137. The highest BCUT2D eigenvalue weighted by Gasteiger charge is 2.25. The van der Waals surface area contributed by atoms with Crippen molar-refractivity contribution in [2.45, 2.75) is 19.9 Å². The first-order chi connectivity index (χ1) is 19.0. The topological polar surface area (TPSA) is 211 Å². The first-order valence-electron chi connectivity index (χ1n) is 11.7. The molecule has 0 spiro atoms. The van der Waals surface area contributed by atoms with Crippen LogP contribution in [0.4, 0.5) is 5.69 Å². The Balaban J connectivity index is 0.00000103. The highest BCUT2D eigenvalue weighted by atomic mass is 16.5. The molecule has 4 aromatic rings. The lowest BCUT2D eigenvalue weighted by atomic mass is 9.99. The summed E-state index contributed by atoms with van der Waals surface area (Å²) < 4.78 is 11.9. The number of amidine groups is 1. The van der Waals surface area contributed by atoms with Crippen molar-refractivity contribution >= 4 is 23.3 Å². The molecule has 0 amide bonds. The Morgan fingerprint density at radius 1 is 1.10 bits per heavy atom. The number of nitrogens with zero attached hydrogens (tertiary/aromatic N) is 4. The fraction of sp³-hybridized carbons (Fsp3) is 0.192. The van der Waals surface area contributed by atoms with Gasteiger partial charge in [-0.2, -0.15) is 0 Å². The number of carbonyl (C=O) groups excluding carboxylic acids is 1. The lowest BCUT2D eigenvalue weighted by molar-refractivity contribution is -0.134. The average Bonchev–Trinajstić information content (AvgIpc) is 3.32. The third-order valence-electron chi connectivity index (χ3n) is 5.37. The number of H-pyrrole nitrogens is 1. The van der Waals surface area contributed by atoms with Crippen LogP contribution in [0.1, 0.15) is 47.2 Å². The van der Waals surface area contributed by atoms with Crippen LogP contribution in [0, 0.1) is 5.41 Å². The average molecular weight is 549 g/mol. The minimum Gasteiger partial charge on any atom is -0.493 e. The lowest BCUT2D eigenvalue weighted by Crippen LogP contribution is -2.18. The van der Waals surface area contributed by atoms with E-state index in [-0.39, 0.29) is 23.4 Å². The maximum atomic E-state index is 12.7. The largest absolute Gasteiger partial charge is 0.493 e. The number of carboxylic acid groups (broad SMARTS) is 1. The number of aliphatic carboxylic acids is 1. The number of nitrogens with two attached hydrogens (primary N) is 1. The molecule has 1 atom stereocenters. The van der Waals surface area contributed by atoms with Gasteiger partial charge in [-0.25, -0.2) is 14.8 Å². The number of methoxy groups -OCH3 is 2. The Kier molecular flexibility index (Phi) is 9.30. The van der Waals surface area contributed by atoms with E-state index in [9.17, 15) is 9.59 Å². The number of hydrogen-bond donors (Lipinski definition) is 5. The van der Waals surface area contributed by atoms with E-state index in [0.29, 0.717) is 33.9 Å². The highest BCUT2D eigenvalue weighted by molar-refractivity contribution is 5.98. The molecule has 2 heterocycles. The van der Waals surface area contributed by atoms with E-state index in [0.717, 1.165) is 11.6 Å². The molecule has 0 saturated heterocycles. The van der Waals surface area contributed by atoms with E-state index in [1.807, 2.05) is 0 Å². The number of benzene rings is 2. The SMILES string of the molecule is CC(=O)O.COc1cc([C@H](Nc2ccc(C(=N)N)cc2)c2nn(-c3ncccn3)c(=O)[nH]2)cc(C(C)=O)c1OC. The number of aromatic nitrogens is 5. The molecule has 14 nitrogen and oxygen atoms in total. The van der Waals surface area contributed by atoms with Crippen LogP contribution in [0.25, 0.3) is 5.95 Å². The van der Waals surface area contributed by atoms with E-state index < -0.39 is 17.7 Å². The maximum absolute atomic E-state index is 12.7. The summed E-state index contributed by atoms with van der Waals surface area (Å²) in [6.07, 6.45) is 3.01. The number of aromatic amines is 1. The number of Topliss-reactive ketones (excluding diaryl/α,β-unsaturated/α-hetero) is 1. The van der Waals surface area contributed by atoms with Crippen molar-refractivity contribution < 1.29 is 24.2 Å². The predicted octanol–water partition coefficient (Wildman–Crippen LogP) is 2.15. The summed E-state index contributed by atoms with van der Waals surface area (Å²) >= 11 is 0. The van der Waals surface area contributed by atoms with Gasteiger partial charge >= 0.3 is 5.69 Å². The van der Waals surface area contributed by atoms with Crippen molar-refractivity contribution in [1.29, 1.82) is 5.41 Å². The van der Waals surface area contributed by atoms with Crippen LogP contribution in [0.5, 0.6) is 11.5 Å². The standard InChI is InChI=1S/C24H24N8O4.C2H4O2/c1-13(33)17-11-15(12-18(35-2)20(17)36-3)19(29-16-7-5-14(6-8-16)21(25)26)22-30-24(34)32(31-22)23-27-9-4-10-28-23;1-2(3)4/h4-12,19,29H,1-3H3,(H3,25,26)(H,30,31,34);1H3,(H,3,4)/t19-;/m0./s1. The van der Waals surface area contributed by atoms with Crippen molar-refractivity contribution in [3.63, 3.8) is 0 Å². The Morgan fingerprint density at radius 2 is 1.73 bits per heavy atom. The second-order valence-electron chi connectivity index (χ2n) is 8.22. The molecule has 208 valence electrons. The summed E-state index contributed by atoms with van der Waals surface area (Å²) in [6.45, 7) is 2.51. The molecule has 2 aromatic heterocycles. The summed E-state index contributed by atoms with van der Waals surface area (Å²) in [6, 6.07) is 11.1. The smallest absolute Gasteiger partial charge is 0.350 e. The quantitative estimate of drug-likeness (QED) is 0.116. The Morgan fingerprint density at radius 3 is 2.25 bits per heavy atom.